The number of thioether (sulfide) groups is 1. The Morgan fingerprint density at radius 2 is 1.88 bits per heavy atom. The molecule has 0 bridgehead atoms. The number of amides is 1. The number of aryl methyl sites for hydroxylation is 2. The lowest BCUT2D eigenvalue weighted by atomic mass is 9.96. The minimum absolute atomic E-state index is 0.262. The van der Waals surface area contributed by atoms with Gasteiger partial charge in [-0.05, 0) is 66.8 Å². The number of ether oxygens (including phenoxy) is 1. The van der Waals surface area contributed by atoms with Gasteiger partial charge in [0, 0.05) is 17.0 Å². The molecule has 180 valence electrons. The maximum atomic E-state index is 13.1. The lowest BCUT2D eigenvalue weighted by Gasteiger charge is -2.11. The largest absolute Gasteiger partial charge is 0.465 e. The number of nitrogens with zero attached hydrogens (tertiary/aromatic N) is 1. The van der Waals surface area contributed by atoms with E-state index in [4.69, 9.17) is 9.26 Å². The summed E-state index contributed by atoms with van der Waals surface area (Å²) in [4.78, 5) is 39.2. The van der Waals surface area contributed by atoms with Gasteiger partial charge in [0.2, 0.25) is 11.6 Å². The van der Waals surface area contributed by atoms with Crippen molar-refractivity contribution in [2.45, 2.75) is 62.6 Å². The number of aromatic amines is 1. The van der Waals surface area contributed by atoms with Crippen LogP contribution in [0.15, 0.2) is 38.6 Å². The third-order valence-corrected chi connectivity index (χ3v) is 8.20. The number of rotatable bonds is 6. The van der Waals surface area contributed by atoms with E-state index in [9.17, 15) is 14.4 Å². The Morgan fingerprint density at radius 1 is 1.18 bits per heavy atom. The molecule has 1 unspecified atom stereocenters. The predicted octanol–water partition coefficient (Wildman–Crippen LogP) is 4.18. The Morgan fingerprint density at radius 3 is 2.59 bits per heavy atom. The molecule has 2 aromatic heterocycles. The summed E-state index contributed by atoms with van der Waals surface area (Å²) in [6, 6.07) is 7.57. The van der Waals surface area contributed by atoms with Crippen LogP contribution >= 0.6 is 23.1 Å². The number of fused-ring (bicyclic) bond motifs is 1. The van der Waals surface area contributed by atoms with E-state index in [2.05, 4.69) is 10.6 Å². The summed E-state index contributed by atoms with van der Waals surface area (Å²) in [5.74, 6) is -0.738. The van der Waals surface area contributed by atoms with Crippen molar-refractivity contribution in [3.05, 3.63) is 56.3 Å². The average Bonchev–Trinajstić information content (AvgIpc) is 3.33. The number of methoxy groups -OCH3 is 1. The molecule has 4 rings (SSSR count). The summed E-state index contributed by atoms with van der Waals surface area (Å²) in [5.41, 5.74) is 2.71. The number of esters is 1. The Bertz CT molecular complexity index is 1240. The molecule has 2 heterocycles. The highest BCUT2D eigenvalue weighted by Gasteiger charge is 2.31. The van der Waals surface area contributed by atoms with Crippen LogP contribution in [0.3, 0.4) is 0 Å². The highest BCUT2D eigenvalue weighted by molar-refractivity contribution is 8.00. The quantitative estimate of drug-likeness (QED) is 0.298. The fourth-order valence-corrected chi connectivity index (χ4v) is 6.16. The van der Waals surface area contributed by atoms with Gasteiger partial charge >= 0.3 is 16.6 Å². The van der Waals surface area contributed by atoms with Crippen LogP contribution in [0.2, 0.25) is 0 Å². The van der Waals surface area contributed by atoms with Crippen LogP contribution in [0.1, 0.15) is 59.0 Å². The van der Waals surface area contributed by atoms with Crippen LogP contribution < -0.4 is 15.6 Å². The molecule has 1 amide bonds. The van der Waals surface area contributed by atoms with Crippen molar-refractivity contribution in [1.29, 1.82) is 0 Å². The van der Waals surface area contributed by atoms with Crippen molar-refractivity contribution in [2.75, 3.05) is 12.4 Å². The van der Waals surface area contributed by atoms with Crippen molar-refractivity contribution in [1.82, 2.24) is 5.27 Å². The number of hydrogen-bond acceptors (Lipinski definition) is 7. The van der Waals surface area contributed by atoms with Crippen LogP contribution in [-0.2, 0) is 22.4 Å². The SMILES string of the molecule is COC(=O)c1c(NC(=O)C(C)Sc2c(=O)o[nH][n+]2-c2ccc(C)cc2)sc2c1CCCCCC2. The number of hydrogen-bond donors (Lipinski definition) is 2. The summed E-state index contributed by atoms with van der Waals surface area (Å²) < 4.78 is 11.6. The Labute approximate surface area is 205 Å². The number of benzene rings is 1. The molecule has 1 aliphatic carbocycles. The summed E-state index contributed by atoms with van der Waals surface area (Å²) in [5, 5.41) is 5.69. The topological polar surface area (TPSA) is 105 Å². The first-order valence-electron chi connectivity index (χ1n) is 11.3. The van der Waals surface area contributed by atoms with Gasteiger partial charge in [-0.2, -0.15) is 0 Å². The van der Waals surface area contributed by atoms with Crippen molar-refractivity contribution < 1.29 is 23.5 Å². The maximum absolute atomic E-state index is 13.1. The highest BCUT2D eigenvalue weighted by Crippen LogP contribution is 2.38. The molecule has 1 aromatic carbocycles. The van der Waals surface area contributed by atoms with E-state index in [1.165, 1.54) is 29.5 Å². The van der Waals surface area contributed by atoms with Gasteiger partial charge in [0.25, 0.3) is 0 Å². The van der Waals surface area contributed by atoms with Gasteiger partial charge in [0.1, 0.15) is 5.00 Å². The third kappa shape index (κ3) is 5.12. The zero-order valence-electron chi connectivity index (χ0n) is 19.4. The van der Waals surface area contributed by atoms with Crippen molar-refractivity contribution in [2.24, 2.45) is 0 Å². The molecule has 0 saturated heterocycles. The number of thiophene rings is 1. The van der Waals surface area contributed by atoms with E-state index in [1.54, 1.807) is 6.92 Å². The smallest absolute Gasteiger partial charge is 0.442 e. The molecule has 1 atom stereocenters. The van der Waals surface area contributed by atoms with Crippen molar-refractivity contribution >= 4 is 40.0 Å². The molecule has 1 aliphatic rings. The van der Waals surface area contributed by atoms with E-state index in [0.29, 0.717) is 10.6 Å². The molecule has 10 heteroatoms. The zero-order valence-corrected chi connectivity index (χ0v) is 21.1. The summed E-state index contributed by atoms with van der Waals surface area (Å²) in [6.07, 6.45) is 6.07. The van der Waals surface area contributed by atoms with Gasteiger partial charge in [-0.1, -0.05) is 30.5 Å². The average molecular weight is 503 g/mol. The van der Waals surface area contributed by atoms with Gasteiger partial charge < -0.3 is 10.1 Å². The van der Waals surface area contributed by atoms with Gasteiger partial charge in [-0.15, -0.1) is 11.3 Å². The first-order chi connectivity index (χ1) is 16.4. The first-order valence-corrected chi connectivity index (χ1v) is 13.0. The third-order valence-electron chi connectivity index (χ3n) is 5.85. The monoisotopic (exact) mass is 502 g/mol. The number of carbonyl (C=O) groups is 2. The van der Waals surface area contributed by atoms with Gasteiger partial charge in [-0.25, -0.2) is 9.59 Å². The Kier molecular flexibility index (Phi) is 7.57. The highest BCUT2D eigenvalue weighted by atomic mass is 32.2. The van der Waals surface area contributed by atoms with E-state index < -0.39 is 16.8 Å². The Hall–Kier alpha value is -2.85. The minimum atomic E-state index is -0.620. The van der Waals surface area contributed by atoms with Crippen LogP contribution in [0, 0.1) is 6.92 Å². The van der Waals surface area contributed by atoms with Crippen LogP contribution in [0.5, 0.6) is 0 Å². The van der Waals surface area contributed by atoms with Crippen molar-refractivity contribution in [3.63, 3.8) is 0 Å². The molecule has 0 radical (unpaired) electrons. The fourth-order valence-electron chi connectivity index (χ4n) is 3.99. The molecule has 2 N–H and O–H groups in total. The molecule has 0 spiro atoms. The van der Waals surface area contributed by atoms with Gasteiger partial charge in [0.15, 0.2) is 0 Å². The summed E-state index contributed by atoms with van der Waals surface area (Å²) >= 11 is 2.55. The maximum Gasteiger partial charge on any atom is 0.442 e. The minimum Gasteiger partial charge on any atom is -0.465 e. The lowest BCUT2D eigenvalue weighted by Crippen LogP contribution is -2.37. The fraction of sp³-hybridized carbons (Fsp3) is 0.417. The van der Waals surface area contributed by atoms with E-state index in [-0.39, 0.29) is 10.9 Å². The van der Waals surface area contributed by atoms with Crippen LogP contribution in [-0.4, -0.2) is 29.5 Å². The second-order valence-corrected chi connectivity index (χ2v) is 10.8. The molecule has 0 aliphatic heterocycles. The molecule has 3 aromatic rings. The Balaban J connectivity index is 1.57. The van der Waals surface area contributed by atoms with Gasteiger partial charge in [0.05, 0.1) is 17.9 Å². The second-order valence-electron chi connectivity index (χ2n) is 8.32. The molecule has 0 saturated carbocycles. The summed E-state index contributed by atoms with van der Waals surface area (Å²) in [7, 11) is 1.36. The molecular weight excluding hydrogens is 474 g/mol. The van der Waals surface area contributed by atoms with Crippen LogP contribution in [0.25, 0.3) is 5.69 Å². The first kappa shape index (κ1) is 24.3. The van der Waals surface area contributed by atoms with Crippen LogP contribution in [0.4, 0.5) is 5.00 Å². The van der Waals surface area contributed by atoms with E-state index >= 15 is 0 Å². The zero-order chi connectivity index (χ0) is 24.2. The normalized spacial score (nSPS) is 14.6. The molecule has 34 heavy (non-hydrogen) atoms. The van der Waals surface area contributed by atoms with Gasteiger partial charge in [-0.3, -0.25) is 9.32 Å². The van der Waals surface area contributed by atoms with Crippen molar-refractivity contribution in [3.8, 4) is 5.69 Å². The number of anilines is 1. The number of aromatic nitrogens is 2. The number of H-pyrrole nitrogens is 1. The second kappa shape index (κ2) is 10.6. The summed E-state index contributed by atoms with van der Waals surface area (Å²) in [6.45, 7) is 3.69. The molecule has 8 nitrogen and oxygen atoms in total. The van der Waals surface area contributed by atoms with E-state index in [1.807, 2.05) is 31.2 Å². The predicted molar refractivity (Wildman–Crippen MR) is 131 cm³/mol. The van der Waals surface area contributed by atoms with E-state index in [0.717, 1.165) is 65.6 Å². The molecule has 0 fully saturated rings. The molecular formula is C24H28N3O5S2+. The number of carbonyl (C=O) groups excluding carboxylic acids is 2. The number of nitrogens with one attached hydrogen (secondary N) is 2. The standard InChI is InChI=1S/C24H27N3O5S2/c1-14-10-12-16(13-11-14)27-22(24(30)32-26-27)33-15(2)20(28)25-21-19(23(29)31-3)17-8-6-4-5-7-9-18(17)34-21/h10-13,15H,4-9H2,1-3H3,(H-,25,26,28,29,30)/p+1. The lowest BCUT2D eigenvalue weighted by molar-refractivity contribution is -0.704.